The fourth-order valence-electron chi connectivity index (χ4n) is 2.08. The van der Waals surface area contributed by atoms with Crippen molar-refractivity contribution in [3.05, 3.63) is 57.0 Å². The molecule has 3 aromatic rings. The molecule has 6 heteroatoms. The van der Waals surface area contributed by atoms with Crippen LogP contribution in [0.3, 0.4) is 0 Å². The minimum atomic E-state index is -0.520. The summed E-state index contributed by atoms with van der Waals surface area (Å²) in [7, 11) is 1.45. The third-order valence-corrected chi connectivity index (χ3v) is 3.73. The van der Waals surface area contributed by atoms with Crippen molar-refractivity contribution in [2.45, 2.75) is 0 Å². The summed E-state index contributed by atoms with van der Waals surface area (Å²) in [5, 5.41) is 0.467. The number of hydrogen-bond acceptors (Lipinski definition) is 3. The van der Waals surface area contributed by atoms with Crippen LogP contribution >= 0.6 is 15.9 Å². The lowest BCUT2D eigenvalue weighted by molar-refractivity contribution is 0.409. The van der Waals surface area contributed by atoms with Crippen molar-refractivity contribution < 1.29 is 9.13 Å². The number of halogens is 2. The maximum absolute atomic E-state index is 14.2. The first-order chi connectivity index (χ1) is 10.1. The predicted octanol–water partition coefficient (Wildman–Crippen LogP) is 3.50. The van der Waals surface area contributed by atoms with E-state index >= 15 is 0 Å². The number of aromatic nitrogens is 2. The van der Waals surface area contributed by atoms with Gasteiger partial charge in [0.25, 0.3) is 5.56 Å². The number of H-pyrrole nitrogens is 1. The van der Waals surface area contributed by atoms with Crippen LogP contribution in [0.5, 0.6) is 5.75 Å². The molecule has 0 aliphatic rings. The molecule has 1 heterocycles. The molecular weight excluding hydrogens is 339 g/mol. The average molecular weight is 349 g/mol. The molecule has 0 bridgehead atoms. The largest absolute Gasteiger partial charge is 0.495 e. The summed E-state index contributed by atoms with van der Waals surface area (Å²) in [5.41, 5.74) is 0.412. The van der Waals surface area contributed by atoms with Crippen molar-refractivity contribution in [1.82, 2.24) is 9.97 Å². The number of para-hydroxylation sites is 1. The number of ether oxygens (including phenoxy) is 1. The van der Waals surface area contributed by atoms with Crippen molar-refractivity contribution in [3.8, 4) is 17.1 Å². The summed E-state index contributed by atoms with van der Waals surface area (Å²) in [6.45, 7) is 0. The van der Waals surface area contributed by atoms with Crippen LogP contribution in [0.25, 0.3) is 22.3 Å². The molecule has 3 rings (SSSR count). The van der Waals surface area contributed by atoms with Gasteiger partial charge in [0.2, 0.25) is 0 Å². The highest BCUT2D eigenvalue weighted by Crippen LogP contribution is 2.31. The van der Waals surface area contributed by atoms with Gasteiger partial charge in [-0.2, -0.15) is 0 Å². The first-order valence-electron chi connectivity index (χ1n) is 6.12. The van der Waals surface area contributed by atoms with E-state index in [0.29, 0.717) is 21.1 Å². The molecule has 0 amide bonds. The van der Waals surface area contributed by atoms with E-state index in [1.54, 1.807) is 24.3 Å². The summed E-state index contributed by atoms with van der Waals surface area (Å²) in [6, 6.07) is 9.69. The molecule has 0 unspecified atom stereocenters. The van der Waals surface area contributed by atoms with E-state index in [9.17, 15) is 9.18 Å². The molecule has 0 aliphatic carbocycles. The highest BCUT2D eigenvalue weighted by atomic mass is 79.9. The fourth-order valence-corrected chi connectivity index (χ4v) is 2.59. The van der Waals surface area contributed by atoms with E-state index in [2.05, 4.69) is 25.9 Å². The summed E-state index contributed by atoms with van der Waals surface area (Å²) >= 11 is 3.30. The van der Waals surface area contributed by atoms with Gasteiger partial charge in [-0.15, -0.1) is 0 Å². The molecule has 0 aliphatic heterocycles. The lowest BCUT2D eigenvalue weighted by Gasteiger charge is -2.08. The van der Waals surface area contributed by atoms with Gasteiger partial charge in [0.15, 0.2) is 0 Å². The Morgan fingerprint density at radius 2 is 2.05 bits per heavy atom. The first kappa shape index (κ1) is 13.8. The molecule has 4 nitrogen and oxygen atoms in total. The van der Waals surface area contributed by atoms with Crippen LogP contribution in [0.15, 0.2) is 45.7 Å². The molecule has 106 valence electrons. The summed E-state index contributed by atoms with van der Waals surface area (Å²) in [6.07, 6.45) is 0. The van der Waals surface area contributed by atoms with Crippen molar-refractivity contribution in [3.63, 3.8) is 0 Å². The Labute approximate surface area is 127 Å². The van der Waals surface area contributed by atoms with Crippen LogP contribution in [-0.2, 0) is 0 Å². The molecule has 21 heavy (non-hydrogen) atoms. The first-order valence-corrected chi connectivity index (χ1v) is 6.92. The summed E-state index contributed by atoms with van der Waals surface area (Å²) in [4.78, 5) is 18.9. The maximum atomic E-state index is 14.2. The van der Waals surface area contributed by atoms with E-state index in [1.807, 2.05) is 0 Å². The standard InChI is InChI=1S/C15H10BrFN2O2/c1-21-13-7-11(17)9(6-10(13)16)14-18-12-5-3-2-4-8(12)15(20)19-14/h2-7H,1H3,(H,18,19,20). The number of fused-ring (bicyclic) bond motifs is 1. The Balaban J connectivity index is 2.26. The molecule has 2 aromatic carbocycles. The Kier molecular flexibility index (Phi) is 3.47. The lowest BCUT2D eigenvalue weighted by atomic mass is 10.1. The molecule has 0 radical (unpaired) electrons. The van der Waals surface area contributed by atoms with E-state index in [4.69, 9.17) is 4.74 Å². The fraction of sp³-hybridized carbons (Fsp3) is 0.0667. The minimum Gasteiger partial charge on any atom is -0.495 e. The van der Waals surface area contributed by atoms with Gasteiger partial charge in [0.05, 0.1) is 28.0 Å². The van der Waals surface area contributed by atoms with E-state index in [-0.39, 0.29) is 16.9 Å². The van der Waals surface area contributed by atoms with Crippen molar-refractivity contribution in [2.75, 3.05) is 7.11 Å². The van der Waals surface area contributed by atoms with Crippen LogP contribution < -0.4 is 10.3 Å². The third-order valence-electron chi connectivity index (χ3n) is 3.11. The van der Waals surface area contributed by atoms with Gasteiger partial charge in [-0.05, 0) is 34.1 Å². The van der Waals surface area contributed by atoms with Gasteiger partial charge in [-0.25, -0.2) is 9.37 Å². The second kappa shape index (κ2) is 5.29. The Hall–Kier alpha value is -2.21. The lowest BCUT2D eigenvalue weighted by Crippen LogP contribution is -2.10. The molecule has 0 fully saturated rings. The van der Waals surface area contributed by atoms with Gasteiger partial charge in [0, 0.05) is 6.07 Å². The molecule has 1 aromatic heterocycles. The number of aromatic amines is 1. The molecule has 0 saturated carbocycles. The van der Waals surface area contributed by atoms with Gasteiger partial charge >= 0.3 is 0 Å². The number of nitrogens with one attached hydrogen (secondary N) is 1. The normalized spacial score (nSPS) is 10.8. The molecule has 1 N–H and O–H groups in total. The number of benzene rings is 2. The zero-order valence-corrected chi connectivity index (χ0v) is 12.6. The molecular formula is C15H10BrFN2O2. The Bertz CT molecular complexity index is 892. The topological polar surface area (TPSA) is 55.0 Å². The molecule has 0 spiro atoms. The van der Waals surface area contributed by atoms with Gasteiger partial charge in [-0.3, -0.25) is 4.79 Å². The van der Waals surface area contributed by atoms with Gasteiger partial charge < -0.3 is 9.72 Å². The highest BCUT2D eigenvalue weighted by Gasteiger charge is 2.13. The third kappa shape index (κ3) is 2.42. The Morgan fingerprint density at radius 3 is 2.81 bits per heavy atom. The second-order valence-electron chi connectivity index (χ2n) is 4.40. The highest BCUT2D eigenvalue weighted by molar-refractivity contribution is 9.10. The second-order valence-corrected chi connectivity index (χ2v) is 5.25. The number of methoxy groups -OCH3 is 1. The van der Waals surface area contributed by atoms with Crippen LogP contribution in [0.2, 0.25) is 0 Å². The quantitative estimate of drug-likeness (QED) is 0.771. The Morgan fingerprint density at radius 1 is 1.29 bits per heavy atom. The average Bonchev–Trinajstić information content (AvgIpc) is 2.49. The zero-order valence-electron chi connectivity index (χ0n) is 11.0. The monoisotopic (exact) mass is 348 g/mol. The predicted molar refractivity (Wildman–Crippen MR) is 82.0 cm³/mol. The van der Waals surface area contributed by atoms with Gasteiger partial charge in [0.1, 0.15) is 17.4 Å². The SMILES string of the molecule is COc1cc(F)c(-c2nc3ccccc3c(=O)[nH]2)cc1Br. The van der Waals surface area contributed by atoms with Crippen LogP contribution in [0, 0.1) is 5.82 Å². The van der Waals surface area contributed by atoms with Crippen molar-refractivity contribution in [2.24, 2.45) is 0 Å². The summed E-state index contributed by atoms with van der Waals surface area (Å²) in [5.74, 6) is 0.0346. The van der Waals surface area contributed by atoms with Crippen LogP contribution in [0.4, 0.5) is 4.39 Å². The maximum Gasteiger partial charge on any atom is 0.259 e. The van der Waals surface area contributed by atoms with Crippen LogP contribution in [-0.4, -0.2) is 17.1 Å². The van der Waals surface area contributed by atoms with Crippen molar-refractivity contribution >= 4 is 26.8 Å². The van der Waals surface area contributed by atoms with E-state index in [1.165, 1.54) is 19.2 Å². The van der Waals surface area contributed by atoms with E-state index < -0.39 is 5.82 Å². The zero-order chi connectivity index (χ0) is 15.0. The molecule has 0 saturated heterocycles. The number of nitrogens with zero attached hydrogens (tertiary/aromatic N) is 1. The number of hydrogen-bond donors (Lipinski definition) is 1. The number of rotatable bonds is 2. The minimum absolute atomic E-state index is 0.180. The van der Waals surface area contributed by atoms with Gasteiger partial charge in [-0.1, -0.05) is 12.1 Å². The van der Waals surface area contributed by atoms with Crippen LogP contribution in [0.1, 0.15) is 0 Å². The van der Waals surface area contributed by atoms with Crippen molar-refractivity contribution in [1.29, 1.82) is 0 Å². The molecule has 0 atom stereocenters. The summed E-state index contributed by atoms with van der Waals surface area (Å²) < 4.78 is 19.8. The van der Waals surface area contributed by atoms with E-state index in [0.717, 1.165) is 0 Å². The smallest absolute Gasteiger partial charge is 0.259 e.